The van der Waals surface area contributed by atoms with E-state index in [-0.39, 0.29) is 16.8 Å². The Bertz CT molecular complexity index is 1190. The third kappa shape index (κ3) is 4.27. The van der Waals surface area contributed by atoms with E-state index < -0.39 is 15.6 Å². The predicted molar refractivity (Wildman–Crippen MR) is 120 cm³/mol. The lowest BCUT2D eigenvalue weighted by Crippen LogP contribution is -2.53. The molecule has 4 rings (SSSR count). The number of aromatic nitrogens is 3. The van der Waals surface area contributed by atoms with Gasteiger partial charge in [0.1, 0.15) is 23.5 Å². The number of hydrogen-bond donors (Lipinski definition) is 1. The monoisotopic (exact) mass is 441 g/mol. The molecule has 2 aromatic heterocycles. The Hall–Kier alpha value is -2.94. The van der Waals surface area contributed by atoms with Crippen LogP contribution in [0.4, 0.5) is 5.82 Å². The predicted octanol–water partition coefficient (Wildman–Crippen LogP) is 2.41. The molecule has 8 nitrogen and oxygen atoms in total. The number of hydrogen-bond acceptors (Lipinski definition) is 6. The second-order valence-corrected chi connectivity index (χ2v) is 10.3. The third-order valence-electron chi connectivity index (χ3n) is 6.13. The van der Waals surface area contributed by atoms with Gasteiger partial charge in [0.25, 0.3) is 0 Å². The van der Waals surface area contributed by atoms with Crippen molar-refractivity contribution in [1.82, 2.24) is 19.9 Å². The Labute approximate surface area is 182 Å². The van der Waals surface area contributed by atoms with Crippen molar-refractivity contribution in [2.75, 3.05) is 30.8 Å². The number of aryl methyl sites for hydroxylation is 1. The number of carbonyl (C=O) groups is 1. The van der Waals surface area contributed by atoms with Crippen LogP contribution in [0.25, 0.3) is 11.0 Å². The molecule has 164 valence electrons. The number of likely N-dealkylation sites (tertiary alicyclic amines) is 1. The minimum Gasteiger partial charge on any atom is -0.354 e. The van der Waals surface area contributed by atoms with E-state index in [1.165, 1.54) is 6.33 Å². The maximum absolute atomic E-state index is 12.9. The van der Waals surface area contributed by atoms with Gasteiger partial charge in [-0.2, -0.15) is 0 Å². The molecule has 0 bridgehead atoms. The summed E-state index contributed by atoms with van der Waals surface area (Å²) in [5, 5.41) is 0.919. The number of fused-ring (bicyclic) bond motifs is 1. The van der Waals surface area contributed by atoms with E-state index in [9.17, 15) is 13.2 Å². The van der Waals surface area contributed by atoms with E-state index in [4.69, 9.17) is 0 Å². The van der Waals surface area contributed by atoms with E-state index in [2.05, 4.69) is 26.8 Å². The largest absolute Gasteiger partial charge is 0.354 e. The van der Waals surface area contributed by atoms with Crippen LogP contribution in [0.5, 0.6) is 0 Å². The van der Waals surface area contributed by atoms with Crippen molar-refractivity contribution in [3.8, 4) is 0 Å². The highest BCUT2D eigenvalue weighted by atomic mass is 32.2. The topological polar surface area (TPSA) is 99.3 Å². The van der Waals surface area contributed by atoms with E-state index in [0.717, 1.165) is 28.8 Å². The summed E-state index contributed by atoms with van der Waals surface area (Å²) < 4.78 is 25.5. The summed E-state index contributed by atoms with van der Waals surface area (Å²) in [6.45, 7) is 5.06. The van der Waals surface area contributed by atoms with Gasteiger partial charge in [0, 0.05) is 26.3 Å². The number of amides is 1. The molecule has 1 aliphatic heterocycles. The van der Waals surface area contributed by atoms with Crippen LogP contribution in [0, 0.1) is 12.8 Å². The highest BCUT2D eigenvalue weighted by Crippen LogP contribution is 2.29. The molecule has 2 atom stereocenters. The molecule has 1 N–H and O–H groups in total. The molecule has 1 aliphatic rings. The number of H-pyrrole nitrogens is 1. The number of anilines is 1. The molecule has 0 aliphatic carbocycles. The van der Waals surface area contributed by atoms with Gasteiger partial charge in [0.05, 0.1) is 16.3 Å². The first-order valence-corrected chi connectivity index (χ1v) is 12.0. The van der Waals surface area contributed by atoms with Gasteiger partial charge in [-0.3, -0.25) is 4.79 Å². The van der Waals surface area contributed by atoms with Crippen LogP contribution in [-0.4, -0.2) is 66.1 Å². The second kappa shape index (κ2) is 8.30. The van der Waals surface area contributed by atoms with Crippen molar-refractivity contribution in [1.29, 1.82) is 0 Å². The highest BCUT2D eigenvalue weighted by molar-refractivity contribution is 7.92. The van der Waals surface area contributed by atoms with Crippen molar-refractivity contribution in [3.63, 3.8) is 0 Å². The molecule has 0 spiro atoms. The lowest BCUT2D eigenvalue weighted by molar-refractivity contribution is -0.130. The first kappa shape index (κ1) is 21.3. The number of nitrogens with one attached hydrogen (secondary N) is 1. The van der Waals surface area contributed by atoms with Crippen LogP contribution in [0.2, 0.25) is 0 Å². The second-order valence-electron chi connectivity index (χ2n) is 8.29. The number of benzene rings is 1. The van der Waals surface area contributed by atoms with Gasteiger partial charge < -0.3 is 14.8 Å². The van der Waals surface area contributed by atoms with Gasteiger partial charge in [0.2, 0.25) is 5.91 Å². The van der Waals surface area contributed by atoms with Crippen molar-refractivity contribution >= 4 is 32.6 Å². The third-order valence-corrected chi connectivity index (χ3v) is 7.75. The van der Waals surface area contributed by atoms with E-state index in [1.54, 1.807) is 29.2 Å². The number of carbonyl (C=O) groups excluding carboxylic acids is 1. The maximum Gasteiger partial charge on any atom is 0.238 e. The Morgan fingerprint density at radius 3 is 2.71 bits per heavy atom. The van der Waals surface area contributed by atoms with Gasteiger partial charge in [-0.25, -0.2) is 18.4 Å². The zero-order valence-corrected chi connectivity index (χ0v) is 18.8. The molecule has 9 heteroatoms. The summed E-state index contributed by atoms with van der Waals surface area (Å²) in [5.74, 6) is 0.243. The Morgan fingerprint density at radius 1 is 1.23 bits per heavy atom. The molecular formula is C22H27N5O3S. The van der Waals surface area contributed by atoms with Crippen LogP contribution in [0.15, 0.2) is 47.8 Å². The minimum atomic E-state index is -3.68. The number of likely N-dealkylation sites (N-methyl/N-ethyl adjacent to an activating group) is 1. The summed E-state index contributed by atoms with van der Waals surface area (Å²) in [4.78, 5) is 28.7. The molecule has 31 heavy (non-hydrogen) atoms. The lowest BCUT2D eigenvalue weighted by Gasteiger charge is -2.42. The van der Waals surface area contributed by atoms with Gasteiger partial charge in [-0.15, -0.1) is 0 Å². The lowest BCUT2D eigenvalue weighted by atomic mass is 9.92. The number of rotatable bonds is 5. The van der Waals surface area contributed by atoms with E-state index >= 15 is 0 Å². The summed E-state index contributed by atoms with van der Waals surface area (Å²) in [6.07, 6.45) is 4.15. The molecule has 1 aromatic carbocycles. The van der Waals surface area contributed by atoms with Crippen molar-refractivity contribution in [2.45, 2.75) is 31.2 Å². The Balaban J connectivity index is 1.51. The van der Waals surface area contributed by atoms with Gasteiger partial charge >= 0.3 is 0 Å². The molecule has 1 saturated heterocycles. The quantitative estimate of drug-likeness (QED) is 0.653. The van der Waals surface area contributed by atoms with Gasteiger partial charge in [-0.05, 0) is 37.5 Å². The first-order valence-electron chi connectivity index (χ1n) is 10.3. The number of piperidine rings is 1. The van der Waals surface area contributed by atoms with Crippen LogP contribution in [0.1, 0.15) is 18.9 Å². The molecule has 1 amide bonds. The fourth-order valence-electron chi connectivity index (χ4n) is 4.16. The average molecular weight is 442 g/mol. The molecule has 3 aromatic rings. The summed E-state index contributed by atoms with van der Waals surface area (Å²) >= 11 is 0. The molecular weight excluding hydrogens is 414 g/mol. The van der Waals surface area contributed by atoms with Gasteiger partial charge in [0.15, 0.2) is 9.84 Å². The smallest absolute Gasteiger partial charge is 0.238 e. The van der Waals surface area contributed by atoms with Crippen molar-refractivity contribution in [3.05, 3.63) is 48.4 Å². The highest BCUT2D eigenvalue weighted by Gasteiger charge is 2.34. The Kier molecular flexibility index (Phi) is 5.70. The zero-order valence-electron chi connectivity index (χ0n) is 17.9. The SMILES string of the molecule is Cc1ccc(S(=O)(=O)CC(=O)N2CCC(C)C(N(C)c3ncnc4[nH]ccc34)C2)cc1. The van der Waals surface area contributed by atoms with Crippen LogP contribution < -0.4 is 4.90 Å². The zero-order chi connectivity index (χ0) is 22.2. The number of aromatic amines is 1. The van der Waals surface area contributed by atoms with Crippen LogP contribution in [0.3, 0.4) is 0 Å². The molecule has 0 saturated carbocycles. The average Bonchev–Trinajstić information content (AvgIpc) is 3.22. The summed E-state index contributed by atoms with van der Waals surface area (Å²) in [7, 11) is -1.71. The number of nitrogens with zero attached hydrogens (tertiary/aromatic N) is 4. The molecule has 0 radical (unpaired) electrons. The van der Waals surface area contributed by atoms with Crippen LogP contribution in [-0.2, 0) is 14.6 Å². The normalized spacial score (nSPS) is 19.5. The van der Waals surface area contributed by atoms with Crippen LogP contribution >= 0.6 is 0 Å². The van der Waals surface area contributed by atoms with Crippen molar-refractivity contribution in [2.24, 2.45) is 5.92 Å². The number of sulfone groups is 1. The standard InChI is InChI=1S/C22H27N5O3S/c1-15-4-6-17(7-5-15)31(29,30)13-20(28)27-11-9-16(2)19(12-27)26(3)22-18-8-10-23-21(18)24-14-25-22/h4-8,10,14,16,19H,9,11-13H2,1-3H3,(H,23,24,25). The fraction of sp³-hybridized carbons (Fsp3) is 0.409. The maximum atomic E-state index is 12.9. The van der Waals surface area contributed by atoms with Crippen molar-refractivity contribution < 1.29 is 13.2 Å². The molecule has 2 unspecified atom stereocenters. The molecule has 3 heterocycles. The first-order chi connectivity index (χ1) is 14.8. The van der Waals surface area contributed by atoms with Gasteiger partial charge in [-0.1, -0.05) is 24.6 Å². The van der Waals surface area contributed by atoms with E-state index in [1.807, 2.05) is 26.2 Å². The van der Waals surface area contributed by atoms with E-state index in [0.29, 0.717) is 19.0 Å². The summed E-state index contributed by atoms with van der Waals surface area (Å²) in [6, 6.07) is 8.57. The Morgan fingerprint density at radius 2 is 1.97 bits per heavy atom. The summed E-state index contributed by atoms with van der Waals surface area (Å²) in [5.41, 5.74) is 1.74. The molecule has 1 fully saturated rings. The fourth-order valence-corrected chi connectivity index (χ4v) is 5.38. The minimum absolute atomic E-state index is 0.0211.